The summed E-state index contributed by atoms with van der Waals surface area (Å²) in [5.41, 5.74) is -0.385. The minimum absolute atomic E-state index is 0.130. The summed E-state index contributed by atoms with van der Waals surface area (Å²) in [7, 11) is -2.20. The maximum atomic E-state index is 12.6. The van der Waals surface area contributed by atoms with Gasteiger partial charge < -0.3 is 9.30 Å². The van der Waals surface area contributed by atoms with E-state index in [2.05, 4.69) is 20.3 Å². The number of aromatic nitrogens is 3. The topological polar surface area (TPSA) is 103 Å². The van der Waals surface area contributed by atoms with E-state index >= 15 is 0 Å². The number of carbonyl (C=O) groups is 1. The van der Waals surface area contributed by atoms with Crippen molar-refractivity contribution in [2.45, 2.75) is 31.0 Å². The Kier molecular flexibility index (Phi) is 6.91. The second-order valence-corrected chi connectivity index (χ2v) is 8.45. The maximum absolute atomic E-state index is 12.6. The number of aryl methyl sites for hydroxylation is 1. The highest BCUT2D eigenvalue weighted by molar-refractivity contribution is 7.90. The van der Waals surface area contributed by atoms with E-state index < -0.39 is 35.1 Å². The van der Waals surface area contributed by atoms with Crippen molar-refractivity contribution in [2.24, 2.45) is 7.05 Å². The number of halogens is 4. The summed E-state index contributed by atoms with van der Waals surface area (Å²) in [6, 6.07) is 2.26. The highest BCUT2D eigenvalue weighted by atomic mass is 35.5. The van der Waals surface area contributed by atoms with Crippen molar-refractivity contribution < 1.29 is 31.1 Å². The molecule has 0 bridgehead atoms. The van der Waals surface area contributed by atoms with Crippen molar-refractivity contribution in [2.75, 3.05) is 18.2 Å². The first kappa shape index (κ1) is 23.1. The molecule has 13 heteroatoms. The monoisotopic (exact) mass is 454 g/mol. The molecule has 0 unspecified atom stereocenters. The number of hydrogen-bond acceptors (Lipinski definition) is 6. The van der Waals surface area contributed by atoms with E-state index in [1.165, 1.54) is 6.07 Å². The zero-order valence-electron chi connectivity index (χ0n) is 15.7. The molecule has 0 radical (unpaired) electrons. The number of sulfone groups is 1. The van der Waals surface area contributed by atoms with Crippen LogP contribution in [0.5, 0.6) is 0 Å². The van der Waals surface area contributed by atoms with E-state index in [4.69, 9.17) is 11.6 Å². The quantitative estimate of drug-likeness (QED) is 0.690. The van der Waals surface area contributed by atoms with Gasteiger partial charge in [-0.3, -0.25) is 10.1 Å². The molecule has 0 saturated heterocycles. The molecular formula is C16H18ClF3N4O4S. The Morgan fingerprint density at radius 2 is 1.97 bits per heavy atom. The molecule has 8 nitrogen and oxygen atoms in total. The summed E-state index contributed by atoms with van der Waals surface area (Å²) >= 11 is 6.17. The van der Waals surface area contributed by atoms with Crippen LogP contribution in [0.25, 0.3) is 0 Å². The Labute approximate surface area is 169 Å². The molecule has 0 fully saturated rings. The van der Waals surface area contributed by atoms with Crippen LogP contribution in [0.15, 0.2) is 17.0 Å². The van der Waals surface area contributed by atoms with Crippen LogP contribution in [0.1, 0.15) is 28.7 Å². The number of amides is 1. The Balaban J connectivity index is 2.38. The van der Waals surface area contributed by atoms with Crippen molar-refractivity contribution in [3.05, 3.63) is 34.1 Å². The van der Waals surface area contributed by atoms with Crippen LogP contribution in [0.2, 0.25) is 5.02 Å². The van der Waals surface area contributed by atoms with Crippen molar-refractivity contribution in [1.29, 1.82) is 0 Å². The molecule has 0 aliphatic carbocycles. The van der Waals surface area contributed by atoms with Crippen LogP contribution in [0.3, 0.4) is 0 Å². The standard InChI is InChI=1S/C16H18ClF3N4O4S/c1-4-12-22-23-15(24(12)2)21-14(25)9-5-6-11(29(3,26)27)10(13(9)17)7-28-8-16(18,19)20/h5-6H,4,7-8H2,1-3H3,(H,21,23,25). The molecule has 0 atom stereocenters. The Hall–Kier alpha value is -2.18. The molecule has 1 amide bonds. The van der Waals surface area contributed by atoms with Crippen LogP contribution >= 0.6 is 11.6 Å². The fraction of sp³-hybridized carbons (Fsp3) is 0.438. The van der Waals surface area contributed by atoms with Gasteiger partial charge in [-0.1, -0.05) is 18.5 Å². The van der Waals surface area contributed by atoms with Crippen LogP contribution in [0, 0.1) is 0 Å². The van der Waals surface area contributed by atoms with Gasteiger partial charge >= 0.3 is 6.18 Å². The molecule has 2 aromatic rings. The summed E-state index contributed by atoms with van der Waals surface area (Å²) in [5, 5.41) is 9.88. The molecule has 1 aromatic carbocycles. The van der Waals surface area contributed by atoms with E-state index in [9.17, 15) is 26.4 Å². The van der Waals surface area contributed by atoms with Crippen LogP contribution in [-0.2, 0) is 34.6 Å². The van der Waals surface area contributed by atoms with Crippen molar-refractivity contribution in [3.63, 3.8) is 0 Å². The first-order valence-corrected chi connectivity index (χ1v) is 10.5. The molecule has 1 aromatic heterocycles. The van der Waals surface area contributed by atoms with Crippen LogP contribution < -0.4 is 5.32 Å². The molecule has 0 aliphatic rings. The van der Waals surface area contributed by atoms with Crippen molar-refractivity contribution >= 4 is 33.3 Å². The smallest absolute Gasteiger partial charge is 0.367 e. The molecule has 160 valence electrons. The highest BCUT2D eigenvalue weighted by Gasteiger charge is 2.29. The predicted molar refractivity (Wildman–Crippen MR) is 98.6 cm³/mol. The van der Waals surface area contributed by atoms with Gasteiger partial charge in [0, 0.05) is 25.3 Å². The lowest BCUT2D eigenvalue weighted by molar-refractivity contribution is -0.176. The third-order valence-corrected chi connectivity index (χ3v) is 5.48. The minimum atomic E-state index is -4.60. The van der Waals surface area contributed by atoms with E-state index in [1.54, 1.807) is 11.6 Å². The molecular weight excluding hydrogens is 437 g/mol. The fourth-order valence-electron chi connectivity index (χ4n) is 2.48. The number of nitrogens with one attached hydrogen (secondary N) is 1. The van der Waals surface area contributed by atoms with Crippen molar-refractivity contribution in [3.8, 4) is 0 Å². The molecule has 0 spiro atoms. The van der Waals surface area contributed by atoms with Gasteiger partial charge in [0.15, 0.2) is 9.84 Å². The lowest BCUT2D eigenvalue weighted by Crippen LogP contribution is -2.19. The van der Waals surface area contributed by atoms with Gasteiger partial charge in [0.2, 0.25) is 5.95 Å². The molecule has 0 aliphatic heterocycles. The van der Waals surface area contributed by atoms with Gasteiger partial charge in [0.25, 0.3) is 5.91 Å². The Bertz CT molecular complexity index is 1020. The molecule has 1 heterocycles. The molecule has 2 rings (SSSR count). The predicted octanol–water partition coefficient (Wildman–Crippen LogP) is 2.77. The summed E-state index contributed by atoms with van der Waals surface area (Å²) in [6.07, 6.45) is -3.16. The summed E-state index contributed by atoms with van der Waals surface area (Å²) in [4.78, 5) is 12.3. The van der Waals surface area contributed by atoms with Crippen LogP contribution in [-0.4, -0.2) is 48.1 Å². The molecule has 29 heavy (non-hydrogen) atoms. The van der Waals surface area contributed by atoms with Gasteiger partial charge in [-0.15, -0.1) is 10.2 Å². The van der Waals surface area contributed by atoms with E-state index in [0.717, 1.165) is 12.3 Å². The second kappa shape index (κ2) is 8.67. The molecule has 0 saturated carbocycles. The normalized spacial score (nSPS) is 12.2. The number of anilines is 1. The largest absolute Gasteiger partial charge is 0.411 e. The minimum Gasteiger partial charge on any atom is -0.367 e. The Morgan fingerprint density at radius 3 is 2.48 bits per heavy atom. The number of alkyl halides is 3. The van der Waals surface area contributed by atoms with E-state index in [1.807, 2.05) is 6.92 Å². The zero-order valence-corrected chi connectivity index (χ0v) is 17.2. The second-order valence-electron chi connectivity index (χ2n) is 6.09. The molecule has 1 N–H and O–H groups in total. The zero-order chi connectivity index (χ0) is 22.0. The number of hydrogen-bond donors (Lipinski definition) is 1. The summed E-state index contributed by atoms with van der Waals surface area (Å²) in [6.45, 7) is -0.489. The van der Waals surface area contributed by atoms with Gasteiger partial charge in [0.1, 0.15) is 12.4 Å². The lowest BCUT2D eigenvalue weighted by atomic mass is 10.1. The number of rotatable bonds is 7. The van der Waals surface area contributed by atoms with Crippen LogP contribution in [0.4, 0.5) is 19.1 Å². The van der Waals surface area contributed by atoms with Gasteiger partial charge in [-0.2, -0.15) is 13.2 Å². The van der Waals surface area contributed by atoms with Gasteiger partial charge in [0.05, 0.1) is 22.1 Å². The number of ether oxygens (including phenoxy) is 1. The van der Waals surface area contributed by atoms with Crippen molar-refractivity contribution in [1.82, 2.24) is 14.8 Å². The average Bonchev–Trinajstić information content (AvgIpc) is 2.93. The summed E-state index contributed by atoms with van der Waals surface area (Å²) in [5.74, 6) is 0.00955. The van der Waals surface area contributed by atoms with E-state index in [0.29, 0.717) is 12.2 Å². The first-order chi connectivity index (χ1) is 13.3. The fourth-order valence-corrected chi connectivity index (χ4v) is 3.76. The third kappa shape index (κ3) is 5.67. The first-order valence-electron chi connectivity index (χ1n) is 8.20. The Morgan fingerprint density at radius 1 is 1.31 bits per heavy atom. The van der Waals surface area contributed by atoms with E-state index in [-0.39, 0.29) is 27.0 Å². The van der Waals surface area contributed by atoms with Gasteiger partial charge in [-0.05, 0) is 12.1 Å². The summed E-state index contributed by atoms with van der Waals surface area (Å²) < 4.78 is 67.1. The lowest BCUT2D eigenvalue weighted by Gasteiger charge is -2.15. The SMILES string of the molecule is CCc1nnc(NC(=O)c2ccc(S(C)(=O)=O)c(COCC(F)(F)F)c2Cl)n1C. The van der Waals surface area contributed by atoms with Gasteiger partial charge in [-0.25, -0.2) is 8.42 Å². The average molecular weight is 455 g/mol. The highest BCUT2D eigenvalue weighted by Crippen LogP contribution is 2.30. The number of nitrogens with zero attached hydrogens (tertiary/aromatic N) is 3. The maximum Gasteiger partial charge on any atom is 0.411 e. The third-order valence-electron chi connectivity index (χ3n) is 3.86. The number of benzene rings is 1. The number of carbonyl (C=O) groups excluding carboxylic acids is 1.